The number of phenols is 1. The van der Waals surface area contributed by atoms with Crippen LogP contribution in [-0.4, -0.2) is 30.9 Å². The molecule has 0 radical (unpaired) electrons. The van der Waals surface area contributed by atoms with E-state index in [1.807, 2.05) is 0 Å². The lowest BCUT2D eigenvalue weighted by molar-refractivity contribution is -0.137. The van der Waals surface area contributed by atoms with Crippen LogP contribution in [0.3, 0.4) is 0 Å². The number of benzene rings is 1. The Morgan fingerprint density at radius 3 is 2.53 bits per heavy atom. The predicted molar refractivity (Wildman–Crippen MR) is 65.0 cm³/mol. The zero-order valence-electron chi connectivity index (χ0n) is 10.1. The van der Waals surface area contributed by atoms with Gasteiger partial charge in [0, 0.05) is 24.3 Å². The third kappa shape index (κ3) is 3.65. The van der Waals surface area contributed by atoms with E-state index in [0.717, 1.165) is 12.3 Å². The fraction of sp³-hybridized carbons (Fsp3) is 0.364. The molecule has 8 heteroatoms. The van der Waals surface area contributed by atoms with E-state index in [0.29, 0.717) is 0 Å². The molecule has 1 unspecified atom stereocenters. The van der Waals surface area contributed by atoms with Gasteiger partial charge in [0.15, 0.2) is 21.4 Å². The lowest BCUT2D eigenvalue weighted by Crippen LogP contribution is -2.14. The number of aliphatic carboxylic acids is 1. The van der Waals surface area contributed by atoms with Crippen molar-refractivity contribution in [2.75, 3.05) is 6.26 Å². The highest BCUT2D eigenvalue weighted by atomic mass is 32.2. The zero-order valence-corrected chi connectivity index (χ0v) is 10.9. The molecule has 0 amide bonds. The molecule has 1 aromatic carbocycles. The normalized spacial score (nSPS) is 13.2. The molecule has 0 bridgehead atoms. The van der Waals surface area contributed by atoms with Gasteiger partial charge in [0.2, 0.25) is 0 Å². The van der Waals surface area contributed by atoms with Crippen molar-refractivity contribution in [2.45, 2.75) is 23.8 Å². The number of hydrogen-bond donors (Lipinski definition) is 3. The number of phenolic OH excluding ortho intramolecular Hbond substituents is 1. The van der Waals surface area contributed by atoms with Crippen molar-refractivity contribution in [1.82, 2.24) is 0 Å². The fourth-order valence-electron chi connectivity index (χ4n) is 1.58. The molecule has 0 saturated heterocycles. The Morgan fingerprint density at radius 1 is 1.47 bits per heavy atom. The molecule has 0 heterocycles. The van der Waals surface area contributed by atoms with Gasteiger partial charge in [0.1, 0.15) is 4.90 Å². The summed E-state index contributed by atoms with van der Waals surface area (Å²) in [6.07, 6.45) is 0.575. The van der Waals surface area contributed by atoms with Crippen LogP contribution in [0.15, 0.2) is 17.0 Å². The topological polar surface area (TPSA) is 118 Å². The van der Waals surface area contributed by atoms with Gasteiger partial charge in [-0.3, -0.25) is 4.79 Å². The Balaban J connectivity index is 3.13. The smallest absolute Gasteiger partial charge is 0.303 e. The van der Waals surface area contributed by atoms with E-state index in [-0.39, 0.29) is 18.4 Å². The molecule has 6 nitrogen and oxygen atoms in total. The summed E-state index contributed by atoms with van der Waals surface area (Å²) in [6, 6.07) is 1.29. The molecule has 0 saturated carbocycles. The number of carbonyl (C=O) groups is 1. The molecular weight excluding hydrogens is 277 g/mol. The fourth-order valence-corrected chi connectivity index (χ4v) is 2.32. The first-order valence-electron chi connectivity index (χ1n) is 5.33. The van der Waals surface area contributed by atoms with E-state index in [1.54, 1.807) is 0 Å². The predicted octanol–water partition coefficient (Wildman–Crippen LogP) is 0.799. The van der Waals surface area contributed by atoms with Gasteiger partial charge >= 0.3 is 5.97 Å². The number of hydrogen-bond acceptors (Lipinski definition) is 5. The number of carboxylic acids is 1. The molecule has 0 fully saturated rings. The average Bonchev–Trinajstić information content (AvgIpc) is 2.27. The van der Waals surface area contributed by atoms with Crippen molar-refractivity contribution in [2.24, 2.45) is 5.73 Å². The minimum Gasteiger partial charge on any atom is -0.505 e. The number of sulfone groups is 1. The van der Waals surface area contributed by atoms with Gasteiger partial charge in [-0.1, -0.05) is 6.07 Å². The van der Waals surface area contributed by atoms with Crippen molar-refractivity contribution in [3.05, 3.63) is 23.5 Å². The number of nitrogens with two attached hydrogens (primary N) is 1. The first kappa shape index (κ1) is 15.4. The van der Waals surface area contributed by atoms with Crippen LogP contribution in [0.25, 0.3) is 0 Å². The molecule has 1 atom stereocenters. The van der Waals surface area contributed by atoms with Gasteiger partial charge in [-0.05, 0) is 12.5 Å². The van der Waals surface area contributed by atoms with Crippen LogP contribution in [0.1, 0.15) is 24.4 Å². The zero-order chi connectivity index (χ0) is 14.8. The van der Waals surface area contributed by atoms with Gasteiger partial charge in [0.05, 0.1) is 0 Å². The molecule has 1 aromatic rings. The van der Waals surface area contributed by atoms with E-state index < -0.39 is 38.3 Å². The summed E-state index contributed by atoms with van der Waals surface area (Å²) in [6.45, 7) is 0. The van der Waals surface area contributed by atoms with Gasteiger partial charge in [-0.15, -0.1) is 0 Å². The molecule has 4 N–H and O–H groups in total. The largest absolute Gasteiger partial charge is 0.505 e. The molecule has 19 heavy (non-hydrogen) atoms. The Kier molecular flexibility index (Phi) is 4.48. The first-order chi connectivity index (χ1) is 8.64. The van der Waals surface area contributed by atoms with E-state index in [2.05, 4.69) is 0 Å². The van der Waals surface area contributed by atoms with Gasteiger partial charge < -0.3 is 15.9 Å². The summed E-state index contributed by atoms with van der Waals surface area (Å²) >= 11 is 0. The van der Waals surface area contributed by atoms with Crippen LogP contribution < -0.4 is 5.73 Å². The lowest BCUT2D eigenvalue weighted by atomic mass is 10.0. The molecular formula is C11H14FNO5S. The number of rotatable bonds is 5. The molecule has 106 valence electrons. The second-order valence-electron chi connectivity index (χ2n) is 4.13. The molecule has 0 spiro atoms. The summed E-state index contributed by atoms with van der Waals surface area (Å²) < 4.78 is 36.2. The van der Waals surface area contributed by atoms with Crippen molar-refractivity contribution >= 4 is 15.8 Å². The summed E-state index contributed by atoms with van der Waals surface area (Å²) in [5.41, 5.74) is 5.61. The van der Waals surface area contributed by atoms with Crippen LogP contribution >= 0.6 is 0 Å². The maximum atomic E-state index is 13.7. The highest BCUT2D eigenvalue weighted by molar-refractivity contribution is 7.90. The van der Waals surface area contributed by atoms with Crippen molar-refractivity contribution in [1.29, 1.82) is 0 Å². The number of aromatic hydroxyl groups is 1. The maximum absolute atomic E-state index is 13.7. The monoisotopic (exact) mass is 291 g/mol. The Hall–Kier alpha value is -1.67. The SMILES string of the molecule is CS(=O)(=O)c1ccc(C(N)CCC(=O)O)c(O)c1F. The number of carboxylic acid groups (broad SMARTS) is 1. The minimum absolute atomic E-state index is 0.000551. The van der Waals surface area contributed by atoms with Crippen LogP contribution in [-0.2, 0) is 14.6 Å². The van der Waals surface area contributed by atoms with Crippen LogP contribution in [0.2, 0.25) is 0 Å². The third-order valence-electron chi connectivity index (χ3n) is 2.58. The van der Waals surface area contributed by atoms with Gasteiger partial charge in [-0.25, -0.2) is 12.8 Å². The van der Waals surface area contributed by atoms with Crippen molar-refractivity contribution in [3.8, 4) is 5.75 Å². The Bertz CT molecular complexity index is 599. The second kappa shape index (κ2) is 5.54. The highest BCUT2D eigenvalue weighted by Crippen LogP contribution is 2.32. The minimum atomic E-state index is -3.79. The molecule has 0 aliphatic heterocycles. The van der Waals surface area contributed by atoms with Gasteiger partial charge in [0.25, 0.3) is 0 Å². The maximum Gasteiger partial charge on any atom is 0.303 e. The molecule has 0 aliphatic rings. The van der Waals surface area contributed by atoms with Crippen molar-refractivity contribution in [3.63, 3.8) is 0 Å². The molecule has 0 aromatic heterocycles. The lowest BCUT2D eigenvalue weighted by Gasteiger charge is -2.14. The Morgan fingerprint density at radius 2 is 2.05 bits per heavy atom. The molecule has 0 aliphatic carbocycles. The summed E-state index contributed by atoms with van der Waals surface area (Å²) in [4.78, 5) is 9.78. The van der Waals surface area contributed by atoms with E-state index in [1.165, 1.54) is 6.07 Å². The Labute approximate surface area is 109 Å². The average molecular weight is 291 g/mol. The van der Waals surface area contributed by atoms with E-state index >= 15 is 0 Å². The standard InChI is InChI=1S/C11H14FNO5S/c1-19(17,18)8-4-2-6(11(16)10(8)12)7(13)3-5-9(14)15/h2,4,7,16H,3,5,13H2,1H3,(H,14,15). The third-order valence-corrected chi connectivity index (χ3v) is 3.69. The summed E-state index contributed by atoms with van der Waals surface area (Å²) in [5.74, 6) is -3.20. The van der Waals surface area contributed by atoms with E-state index in [9.17, 15) is 22.7 Å². The summed E-state index contributed by atoms with van der Waals surface area (Å²) in [5, 5.41) is 18.1. The molecule has 1 rings (SSSR count). The number of halogens is 1. The van der Waals surface area contributed by atoms with Crippen molar-refractivity contribution < 1.29 is 27.8 Å². The van der Waals surface area contributed by atoms with E-state index in [4.69, 9.17) is 10.8 Å². The van der Waals surface area contributed by atoms with Crippen LogP contribution in [0.4, 0.5) is 4.39 Å². The van der Waals surface area contributed by atoms with Gasteiger partial charge in [-0.2, -0.15) is 0 Å². The highest BCUT2D eigenvalue weighted by Gasteiger charge is 2.22. The summed E-state index contributed by atoms with van der Waals surface area (Å²) in [7, 11) is -3.79. The van der Waals surface area contributed by atoms with Crippen LogP contribution in [0, 0.1) is 5.82 Å². The van der Waals surface area contributed by atoms with Crippen LogP contribution in [0.5, 0.6) is 5.75 Å². The first-order valence-corrected chi connectivity index (χ1v) is 7.22. The quantitative estimate of drug-likeness (QED) is 0.738. The second-order valence-corrected chi connectivity index (χ2v) is 6.11.